The Morgan fingerprint density at radius 3 is 1.60 bits per heavy atom. The standard InChI is InChI=1S/C4H10O3.C4H8O.C2H6O/c5-1-3-7-4-2-6;1-2-4-5-3-1;1-3-2/h5-6H,1-4H2;1-4H2;1-2H3. The van der Waals surface area contributed by atoms with Crippen molar-refractivity contribution < 1.29 is 24.4 Å². The highest BCUT2D eigenvalue weighted by Crippen LogP contribution is 1.98. The van der Waals surface area contributed by atoms with Crippen LogP contribution in [-0.2, 0) is 14.2 Å². The molecule has 0 aromatic carbocycles. The molecule has 0 atom stereocenters. The molecule has 1 saturated heterocycles. The van der Waals surface area contributed by atoms with E-state index in [-0.39, 0.29) is 13.2 Å². The van der Waals surface area contributed by atoms with Crippen LogP contribution in [0.15, 0.2) is 0 Å². The molecule has 0 aliphatic carbocycles. The van der Waals surface area contributed by atoms with E-state index < -0.39 is 0 Å². The van der Waals surface area contributed by atoms with Crippen molar-refractivity contribution in [2.45, 2.75) is 12.8 Å². The van der Waals surface area contributed by atoms with Gasteiger partial charge < -0.3 is 24.4 Å². The van der Waals surface area contributed by atoms with E-state index in [1.54, 1.807) is 14.2 Å². The molecule has 5 heteroatoms. The molecule has 0 spiro atoms. The van der Waals surface area contributed by atoms with E-state index in [1.807, 2.05) is 0 Å². The van der Waals surface area contributed by atoms with Gasteiger partial charge in [-0.05, 0) is 12.8 Å². The third-order valence-electron chi connectivity index (χ3n) is 1.30. The SMILES string of the molecule is C1CCOC1.COC.OCCOCCO. The van der Waals surface area contributed by atoms with Gasteiger partial charge in [-0.25, -0.2) is 0 Å². The molecule has 0 amide bonds. The lowest BCUT2D eigenvalue weighted by molar-refractivity contribution is 0.0650. The molecule has 15 heavy (non-hydrogen) atoms. The minimum absolute atomic E-state index is 0.0278. The summed E-state index contributed by atoms with van der Waals surface area (Å²) in [6, 6.07) is 0. The molecule has 0 aromatic rings. The van der Waals surface area contributed by atoms with Crippen LogP contribution in [0.4, 0.5) is 0 Å². The van der Waals surface area contributed by atoms with Crippen LogP contribution in [0.1, 0.15) is 12.8 Å². The molecular weight excluding hydrogens is 200 g/mol. The first-order valence-electron chi connectivity index (χ1n) is 5.10. The quantitative estimate of drug-likeness (QED) is 0.660. The third-order valence-corrected chi connectivity index (χ3v) is 1.30. The third kappa shape index (κ3) is 24.8. The molecular formula is C10H24O5. The Hall–Kier alpha value is -0.200. The van der Waals surface area contributed by atoms with Gasteiger partial charge in [-0.15, -0.1) is 0 Å². The van der Waals surface area contributed by atoms with Crippen LogP contribution >= 0.6 is 0 Å². The maximum absolute atomic E-state index is 8.09. The number of ether oxygens (including phenoxy) is 3. The van der Waals surface area contributed by atoms with Gasteiger partial charge in [-0.3, -0.25) is 0 Å². The zero-order chi connectivity index (χ0) is 11.8. The summed E-state index contributed by atoms with van der Waals surface area (Å²) in [5.74, 6) is 0. The molecule has 0 saturated carbocycles. The summed E-state index contributed by atoms with van der Waals surface area (Å²) < 4.78 is 13.8. The van der Waals surface area contributed by atoms with Gasteiger partial charge in [0.15, 0.2) is 0 Å². The fourth-order valence-electron chi connectivity index (χ4n) is 0.741. The second-order valence-corrected chi connectivity index (χ2v) is 2.79. The van der Waals surface area contributed by atoms with Gasteiger partial charge in [-0.1, -0.05) is 0 Å². The summed E-state index contributed by atoms with van der Waals surface area (Å²) in [5.41, 5.74) is 0. The maximum Gasteiger partial charge on any atom is 0.0698 e. The molecule has 1 fully saturated rings. The summed E-state index contributed by atoms with van der Waals surface area (Å²) in [7, 11) is 3.25. The van der Waals surface area contributed by atoms with E-state index in [9.17, 15) is 0 Å². The highest BCUT2D eigenvalue weighted by molar-refractivity contribution is 4.43. The number of aliphatic hydroxyl groups is 2. The molecule has 1 heterocycles. The average molecular weight is 224 g/mol. The normalized spacial score (nSPS) is 13.6. The van der Waals surface area contributed by atoms with Gasteiger partial charge in [0.25, 0.3) is 0 Å². The molecule has 2 N–H and O–H groups in total. The summed E-state index contributed by atoms with van der Waals surface area (Å²) in [6.45, 7) is 2.70. The highest BCUT2D eigenvalue weighted by Gasteiger charge is 1.94. The van der Waals surface area contributed by atoms with Gasteiger partial charge in [0.1, 0.15) is 0 Å². The van der Waals surface area contributed by atoms with Gasteiger partial charge in [0, 0.05) is 27.4 Å². The Morgan fingerprint density at radius 2 is 1.40 bits per heavy atom. The van der Waals surface area contributed by atoms with Crippen molar-refractivity contribution >= 4 is 0 Å². The Balaban J connectivity index is 0. The van der Waals surface area contributed by atoms with Gasteiger partial charge in [0.2, 0.25) is 0 Å². The van der Waals surface area contributed by atoms with Crippen LogP contribution in [0, 0.1) is 0 Å². The van der Waals surface area contributed by atoms with Crippen molar-refractivity contribution in [1.82, 2.24) is 0 Å². The first-order valence-corrected chi connectivity index (χ1v) is 5.10. The van der Waals surface area contributed by atoms with Gasteiger partial charge in [-0.2, -0.15) is 0 Å². The van der Waals surface area contributed by atoms with Gasteiger partial charge in [0.05, 0.1) is 26.4 Å². The number of aliphatic hydroxyl groups excluding tert-OH is 2. The number of hydrogen-bond acceptors (Lipinski definition) is 5. The summed E-state index contributed by atoms with van der Waals surface area (Å²) >= 11 is 0. The fourth-order valence-corrected chi connectivity index (χ4v) is 0.741. The molecule has 1 rings (SSSR count). The van der Waals surface area contributed by atoms with Crippen LogP contribution in [-0.4, -0.2) is 64.1 Å². The molecule has 94 valence electrons. The Bertz CT molecular complexity index is 74.3. The van der Waals surface area contributed by atoms with Crippen LogP contribution < -0.4 is 0 Å². The zero-order valence-electron chi connectivity index (χ0n) is 9.78. The summed E-state index contributed by atoms with van der Waals surface area (Å²) in [5, 5.41) is 16.2. The minimum Gasteiger partial charge on any atom is -0.394 e. The number of methoxy groups -OCH3 is 1. The van der Waals surface area contributed by atoms with E-state index in [0.717, 1.165) is 13.2 Å². The first-order chi connectivity index (χ1) is 7.33. The molecule has 1 aliphatic rings. The van der Waals surface area contributed by atoms with Crippen molar-refractivity contribution in [3.05, 3.63) is 0 Å². The Labute approximate surface area is 92.0 Å². The summed E-state index contributed by atoms with van der Waals surface area (Å²) in [4.78, 5) is 0. The number of rotatable bonds is 4. The van der Waals surface area contributed by atoms with E-state index in [4.69, 9.17) is 14.9 Å². The predicted octanol–water partition coefficient (Wildman–Crippen LogP) is 0.0470. The average Bonchev–Trinajstić information content (AvgIpc) is 2.78. The molecule has 0 radical (unpaired) electrons. The van der Waals surface area contributed by atoms with E-state index in [0.29, 0.717) is 13.2 Å². The maximum atomic E-state index is 8.09. The largest absolute Gasteiger partial charge is 0.394 e. The molecule has 0 aromatic heterocycles. The second kappa shape index (κ2) is 19.4. The molecule has 0 bridgehead atoms. The van der Waals surface area contributed by atoms with Crippen LogP contribution in [0.2, 0.25) is 0 Å². The predicted molar refractivity (Wildman–Crippen MR) is 58.0 cm³/mol. The van der Waals surface area contributed by atoms with Crippen molar-refractivity contribution in [3.8, 4) is 0 Å². The summed E-state index contributed by atoms with van der Waals surface area (Å²) in [6.07, 6.45) is 2.56. The van der Waals surface area contributed by atoms with Crippen LogP contribution in [0.3, 0.4) is 0 Å². The lowest BCUT2D eigenvalue weighted by Gasteiger charge is -1.94. The lowest BCUT2D eigenvalue weighted by Crippen LogP contribution is -2.03. The topological polar surface area (TPSA) is 68.2 Å². The second-order valence-electron chi connectivity index (χ2n) is 2.79. The van der Waals surface area contributed by atoms with Crippen molar-refractivity contribution in [2.75, 3.05) is 53.9 Å². The van der Waals surface area contributed by atoms with Crippen molar-refractivity contribution in [3.63, 3.8) is 0 Å². The van der Waals surface area contributed by atoms with Crippen molar-refractivity contribution in [1.29, 1.82) is 0 Å². The molecule has 1 aliphatic heterocycles. The van der Waals surface area contributed by atoms with E-state index >= 15 is 0 Å². The highest BCUT2D eigenvalue weighted by atomic mass is 16.5. The smallest absolute Gasteiger partial charge is 0.0698 e. The van der Waals surface area contributed by atoms with E-state index in [2.05, 4.69) is 9.47 Å². The van der Waals surface area contributed by atoms with Crippen molar-refractivity contribution in [2.24, 2.45) is 0 Å². The first kappa shape index (κ1) is 17.2. The fraction of sp³-hybridized carbons (Fsp3) is 1.00. The zero-order valence-corrected chi connectivity index (χ0v) is 9.78. The number of hydrogen-bond donors (Lipinski definition) is 2. The molecule has 5 nitrogen and oxygen atoms in total. The van der Waals surface area contributed by atoms with Gasteiger partial charge >= 0.3 is 0 Å². The van der Waals surface area contributed by atoms with E-state index in [1.165, 1.54) is 12.8 Å². The van der Waals surface area contributed by atoms with Crippen LogP contribution in [0.5, 0.6) is 0 Å². The minimum atomic E-state index is 0.0278. The lowest BCUT2D eigenvalue weighted by atomic mass is 10.4. The van der Waals surface area contributed by atoms with Crippen LogP contribution in [0.25, 0.3) is 0 Å². The molecule has 0 unspecified atom stereocenters. The monoisotopic (exact) mass is 224 g/mol. The Morgan fingerprint density at radius 1 is 1.00 bits per heavy atom. The Kier molecular flexibility index (Phi) is 22.2.